The van der Waals surface area contributed by atoms with Crippen molar-refractivity contribution in [2.24, 2.45) is 0 Å². The van der Waals surface area contributed by atoms with Crippen LogP contribution < -0.4 is 4.72 Å². The lowest BCUT2D eigenvalue weighted by molar-refractivity contribution is 0.0857. The van der Waals surface area contributed by atoms with Crippen LogP contribution in [0, 0.1) is 0 Å². The van der Waals surface area contributed by atoms with Crippen molar-refractivity contribution in [3.05, 3.63) is 12.5 Å². The van der Waals surface area contributed by atoms with Gasteiger partial charge in [0.1, 0.15) is 0 Å². The summed E-state index contributed by atoms with van der Waals surface area (Å²) in [6.45, 7) is 5.56. The first-order valence-electron chi connectivity index (χ1n) is 4.98. The van der Waals surface area contributed by atoms with Gasteiger partial charge in [0.05, 0.1) is 11.9 Å². The Hall–Kier alpha value is -0.920. The van der Waals surface area contributed by atoms with Crippen LogP contribution in [0.1, 0.15) is 20.8 Å². The van der Waals surface area contributed by atoms with Crippen LogP contribution in [0.3, 0.4) is 0 Å². The Morgan fingerprint density at radius 2 is 2.19 bits per heavy atom. The lowest BCUT2D eigenvalue weighted by Crippen LogP contribution is -2.38. The minimum atomic E-state index is -3.62. The van der Waals surface area contributed by atoms with Gasteiger partial charge in [-0.25, -0.2) is 18.1 Å². The van der Waals surface area contributed by atoms with Crippen molar-refractivity contribution in [3.63, 3.8) is 0 Å². The Labute approximate surface area is 95.4 Å². The van der Waals surface area contributed by atoms with Gasteiger partial charge in [0, 0.05) is 19.3 Å². The van der Waals surface area contributed by atoms with Crippen molar-refractivity contribution < 1.29 is 13.5 Å². The van der Waals surface area contributed by atoms with Crippen LogP contribution in [-0.4, -0.2) is 35.2 Å². The van der Waals surface area contributed by atoms with E-state index in [9.17, 15) is 13.5 Å². The van der Waals surface area contributed by atoms with Crippen LogP contribution in [0.2, 0.25) is 0 Å². The molecule has 16 heavy (non-hydrogen) atoms. The van der Waals surface area contributed by atoms with Crippen LogP contribution in [0.4, 0.5) is 0 Å². The standard InChI is InChI=1S/C9H17N3O3S/c1-4-12-5-8(10-7-12)16(14,15)11-6-9(2,3)13/h5,7,11,13H,4,6H2,1-3H3. The Kier molecular flexibility index (Phi) is 3.72. The summed E-state index contributed by atoms with van der Waals surface area (Å²) in [5, 5.41) is 9.40. The van der Waals surface area contributed by atoms with Crippen molar-refractivity contribution in [3.8, 4) is 0 Å². The van der Waals surface area contributed by atoms with Gasteiger partial charge < -0.3 is 9.67 Å². The quantitative estimate of drug-likeness (QED) is 0.764. The Morgan fingerprint density at radius 1 is 1.56 bits per heavy atom. The highest BCUT2D eigenvalue weighted by Crippen LogP contribution is 2.06. The fourth-order valence-electron chi connectivity index (χ4n) is 0.997. The number of sulfonamides is 1. The van der Waals surface area contributed by atoms with E-state index < -0.39 is 15.6 Å². The normalized spacial score (nSPS) is 13.0. The first-order valence-corrected chi connectivity index (χ1v) is 6.47. The maximum atomic E-state index is 11.7. The van der Waals surface area contributed by atoms with Crippen molar-refractivity contribution in [2.45, 2.75) is 37.9 Å². The third-order valence-corrected chi connectivity index (χ3v) is 3.23. The average Bonchev–Trinajstić information content (AvgIpc) is 2.62. The molecule has 1 heterocycles. The molecule has 0 aliphatic rings. The molecule has 0 aliphatic heterocycles. The van der Waals surface area contributed by atoms with E-state index in [1.54, 1.807) is 4.57 Å². The second-order valence-corrected chi connectivity index (χ2v) is 5.89. The van der Waals surface area contributed by atoms with Gasteiger partial charge in [-0.3, -0.25) is 0 Å². The molecule has 0 aliphatic carbocycles. The fourth-order valence-corrected chi connectivity index (χ4v) is 2.15. The minimum absolute atomic E-state index is 0.0291. The molecule has 0 bridgehead atoms. The summed E-state index contributed by atoms with van der Waals surface area (Å²) in [5.74, 6) is 0. The first kappa shape index (κ1) is 13.1. The highest BCUT2D eigenvalue weighted by Gasteiger charge is 2.21. The number of aryl methyl sites for hydroxylation is 1. The molecule has 0 atom stereocenters. The predicted molar refractivity (Wildman–Crippen MR) is 59.4 cm³/mol. The number of aromatic nitrogens is 2. The summed E-state index contributed by atoms with van der Waals surface area (Å²) in [6.07, 6.45) is 2.91. The molecule has 0 saturated carbocycles. The highest BCUT2D eigenvalue weighted by molar-refractivity contribution is 7.89. The number of nitrogens with zero attached hydrogens (tertiary/aromatic N) is 2. The van der Waals surface area contributed by atoms with Crippen LogP contribution in [-0.2, 0) is 16.6 Å². The van der Waals surface area contributed by atoms with E-state index in [1.165, 1.54) is 26.4 Å². The molecule has 1 aromatic heterocycles. The molecule has 0 aromatic carbocycles. The molecular weight excluding hydrogens is 230 g/mol. The predicted octanol–water partition coefficient (Wildman–Crippen LogP) is -0.0478. The molecule has 1 aromatic rings. The number of imidazole rings is 1. The molecular formula is C9H17N3O3S. The molecule has 0 unspecified atom stereocenters. The lowest BCUT2D eigenvalue weighted by Gasteiger charge is -2.16. The van der Waals surface area contributed by atoms with Gasteiger partial charge in [-0.05, 0) is 20.8 Å². The molecule has 0 fully saturated rings. The van der Waals surface area contributed by atoms with Crippen molar-refractivity contribution in [2.75, 3.05) is 6.54 Å². The van der Waals surface area contributed by atoms with Crippen LogP contribution in [0.25, 0.3) is 0 Å². The number of rotatable bonds is 5. The zero-order valence-electron chi connectivity index (χ0n) is 9.64. The largest absolute Gasteiger partial charge is 0.389 e. The van der Waals surface area contributed by atoms with E-state index in [0.29, 0.717) is 6.54 Å². The smallest absolute Gasteiger partial charge is 0.259 e. The Morgan fingerprint density at radius 3 is 2.62 bits per heavy atom. The van der Waals surface area contributed by atoms with E-state index in [4.69, 9.17) is 0 Å². The molecule has 0 saturated heterocycles. The van der Waals surface area contributed by atoms with E-state index in [2.05, 4.69) is 9.71 Å². The van der Waals surface area contributed by atoms with Crippen LogP contribution in [0.5, 0.6) is 0 Å². The van der Waals surface area contributed by atoms with E-state index in [1.807, 2.05) is 6.92 Å². The molecule has 92 valence electrons. The van der Waals surface area contributed by atoms with Gasteiger partial charge >= 0.3 is 0 Å². The maximum Gasteiger partial charge on any atom is 0.259 e. The van der Waals surface area contributed by atoms with Crippen molar-refractivity contribution in [1.29, 1.82) is 0 Å². The average molecular weight is 247 g/mol. The van der Waals surface area contributed by atoms with E-state index >= 15 is 0 Å². The second kappa shape index (κ2) is 4.52. The van der Waals surface area contributed by atoms with E-state index in [0.717, 1.165) is 0 Å². The van der Waals surface area contributed by atoms with Crippen LogP contribution >= 0.6 is 0 Å². The van der Waals surface area contributed by atoms with Crippen molar-refractivity contribution in [1.82, 2.24) is 14.3 Å². The molecule has 1 rings (SSSR count). The second-order valence-electron chi connectivity index (χ2n) is 4.18. The molecule has 7 heteroatoms. The summed E-state index contributed by atoms with van der Waals surface area (Å²) >= 11 is 0. The zero-order valence-corrected chi connectivity index (χ0v) is 10.5. The summed E-state index contributed by atoms with van der Waals surface area (Å²) in [4.78, 5) is 3.79. The van der Waals surface area contributed by atoms with Gasteiger partial charge in [-0.1, -0.05) is 0 Å². The SMILES string of the molecule is CCn1cnc(S(=O)(=O)NCC(C)(C)O)c1. The Bertz CT molecular complexity index is 445. The van der Waals surface area contributed by atoms with Crippen LogP contribution in [0.15, 0.2) is 17.6 Å². The molecule has 6 nitrogen and oxygen atoms in total. The van der Waals surface area contributed by atoms with Gasteiger partial charge in [-0.2, -0.15) is 0 Å². The molecule has 0 radical (unpaired) electrons. The Balaban J connectivity index is 2.78. The summed E-state index contributed by atoms with van der Waals surface area (Å²) in [5.41, 5.74) is -1.08. The number of aliphatic hydroxyl groups is 1. The third kappa shape index (κ3) is 3.58. The number of hydrogen-bond donors (Lipinski definition) is 2. The van der Waals surface area contributed by atoms with Gasteiger partial charge in [0.25, 0.3) is 10.0 Å². The highest BCUT2D eigenvalue weighted by atomic mass is 32.2. The summed E-state index contributed by atoms with van der Waals surface area (Å²) in [6, 6.07) is 0. The molecule has 0 amide bonds. The van der Waals surface area contributed by atoms with Gasteiger partial charge in [0.15, 0.2) is 5.03 Å². The maximum absolute atomic E-state index is 11.7. The van der Waals surface area contributed by atoms with E-state index in [-0.39, 0.29) is 11.6 Å². The monoisotopic (exact) mass is 247 g/mol. The zero-order chi connectivity index (χ0) is 12.4. The van der Waals surface area contributed by atoms with Crippen molar-refractivity contribution >= 4 is 10.0 Å². The summed E-state index contributed by atoms with van der Waals surface area (Å²) < 4.78 is 27.4. The third-order valence-electron chi connectivity index (χ3n) is 1.94. The number of hydrogen-bond acceptors (Lipinski definition) is 4. The van der Waals surface area contributed by atoms with Gasteiger partial charge in [0.2, 0.25) is 0 Å². The fraction of sp³-hybridized carbons (Fsp3) is 0.667. The lowest BCUT2D eigenvalue weighted by atomic mass is 10.1. The first-order chi connectivity index (χ1) is 7.24. The molecule has 0 spiro atoms. The van der Waals surface area contributed by atoms with Gasteiger partial charge in [-0.15, -0.1) is 0 Å². The topological polar surface area (TPSA) is 84.2 Å². The summed E-state index contributed by atoms with van der Waals surface area (Å²) in [7, 11) is -3.62. The minimum Gasteiger partial charge on any atom is -0.389 e. The number of nitrogens with one attached hydrogen (secondary N) is 1. The molecule has 2 N–H and O–H groups in total.